The highest BCUT2D eigenvalue weighted by Gasteiger charge is 2.06. The van der Waals surface area contributed by atoms with Crippen LogP contribution in [0.25, 0.3) is 0 Å². The highest BCUT2D eigenvalue weighted by Crippen LogP contribution is 2.08. The predicted octanol–water partition coefficient (Wildman–Crippen LogP) is 1.72. The average Bonchev–Trinajstić information content (AvgIpc) is 2.50. The summed E-state index contributed by atoms with van der Waals surface area (Å²) >= 11 is 2.25. The van der Waals surface area contributed by atoms with E-state index in [1.807, 2.05) is 24.3 Å². The van der Waals surface area contributed by atoms with Gasteiger partial charge in [-0.15, -0.1) is 0 Å². The van der Waals surface area contributed by atoms with Gasteiger partial charge in [0.15, 0.2) is 0 Å². The van der Waals surface area contributed by atoms with Crippen LogP contribution in [0.15, 0.2) is 29.1 Å². The molecule has 1 aromatic carbocycles. The lowest BCUT2D eigenvalue weighted by Gasteiger charge is -2.02. The second-order valence-corrected chi connectivity index (χ2v) is 4.91. The zero-order valence-corrected chi connectivity index (χ0v) is 11.0. The minimum atomic E-state index is -0.0592. The first-order chi connectivity index (χ1) is 7.58. The molecule has 2 aromatic rings. The molecule has 0 aliphatic heterocycles. The third-order valence-electron chi connectivity index (χ3n) is 2.48. The van der Waals surface area contributed by atoms with Gasteiger partial charge in [-0.3, -0.25) is 9.89 Å². The molecular weight excluding hydrogens is 317 g/mol. The zero-order chi connectivity index (χ0) is 11.7. The van der Waals surface area contributed by atoms with Crippen LogP contribution in [0.5, 0.6) is 0 Å². The van der Waals surface area contributed by atoms with Gasteiger partial charge in [-0.05, 0) is 47.2 Å². The molecule has 4 nitrogen and oxygen atoms in total. The Morgan fingerprint density at radius 2 is 2.00 bits per heavy atom. The molecular formula is C11H12IN3O. The van der Waals surface area contributed by atoms with Gasteiger partial charge >= 0.3 is 0 Å². The van der Waals surface area contributed by atoms with Crippen molar-refractivity contribution in [1.82, 2.24) is 9.78 Å². The number of H-pyrrole nitrogens is 1. The van der Waals surface area contributed by atoms with Crippen molar-refractivity contribution in [3.05, 3.63) is 49.3 Å². The average molecular weight is 329 g/mol. The van der Waals surface area contributed by atoms with Crippen molar-refractivity contribution in [2.45, 2.75) is 13.5 Å². The van der Waals surface area contributed by atoms with Crippen molar-refractivity contribution in [1.29, 1.82) is 0 Å². The molecule has 0 atom stereocenters. The molecule has 16 heavy (non-hydrogen) atoms. The second-order valence-electron chi connectivity index (χ2n) is 3.67. The van der Waals surface area contributed by atoms with Gasteiger partial charge < -0.3 is 5.73 Å². The van der Waals surface area contributed by atoms with E-state index < -0.39 is 0 Å². The SMILES string of the molecule is Cc1c(N)[nH]n(Cc2ccc(I)cc2)c1=O. The molecule has 0 radical (unpaired) electrons. The number of nitrogens with two attached hydrogens (primary N) is 1. The standard InChI is InChI=1S/C11H12IN3O/c1-7-10(13)14-15(11(7)16)6-8-2-4-9(12)5-3-8/h2-5,14H,6,13H2,1H3. The van der Waals surface area contributed by atoms with Crippen LogP contribution in [0.3, 0.4) is 0 Å². The van der Waals surface area contributed by atoms with Crippen LogP contribution in [-0.4, -0.2) is 9.78 Å². The summed E-state index contributed by atoms with van der Waals surface area (Å²) in [4.78, 5) is 11.7. The van der Waals surface area contributed by atoms with Crippen LogP contribution in [0.4, 0.5) is 5.82 Å². The maximum Gasteiger partial charge on any atom is 0.271 e. The van der Waals surface area contributed by atoms with Crippen molar-refractivity contribution in [3.63, 3.8) is 0 Å². The van der Waals surface area contributed by atoms with E-state index in [9.17, 15) is 4.79 Å². The number of hydrogen-bond donors (Lipinski definition) is 2. The molecule has 0 amide bonds. The highest BCUT2D eigenvalue weighted by molar-refractivity contribution is 14.1. The van der Waals surface area contributed by atoms with Crippen LogP contribution in [-0.2, 0) is 6.54 Å². The lowest BCUT2D eigenvalue weighted by molar-refractivity contribution is 0.665. The third kappa shape index (κ3) is 2.13. The Kier molecular flexibility index (Phi) is 3.04. The van der Waals surface area contributed by atoms with E-state index in [0.29, 0.717) is 17.9 Å². The Morgan fingerprint density at radius 1 is 1.38 bits per heavy atom. The minimum Gasteiger partial charge on any atom is -0.384 e. The Hall–Kier alpha value is -1.24. The van der Waals surface area contributed by atoms with E-state index in [1.165, 1.54) is 8.25 Å². The monoisotopic (exact) mass is 329 g/mol. The number of halogens is 1. The summed E-state index contributed by atoms with van der Waals surface area (Å²) in [5, 5.41) is 2.86. The van der Waals surface area contributed by atoms with Gasteiger partial charge in [-0.25, -0.2) is 4.68 Å². The number of aromatic amines is 1. The summed E-state index contributed by atoms with van der Waals surface area (Å²) in [6.45, 7) is 2.24. The lowest BCUT2D eigenvalue weighted by Crippen LogP contribution is -2.18. The summed E-state index contributed by atoms with van der Waals surface area (Å²) < 4.78 is 2.70. The van der Waals surface area contributed by atoms with E-state index in [-0.39, 0.29) is 5.56 Å². The van der Waals surface area contributed by atoms with Crippen LogP contribution < -0.4 is 11.3 Å². The van der Waals surface area contributed by atoms with Crippen molar-refractivity contribution in [2.24, 2.45) is 0 Å². The van der Waals surface area contributed by atoms with Gasteiger partial charge in [-0.2, -0.15) is 0 Å². The summed E-state index contributed by atoms with van der Waals surface area (Å²) in [7, 11) is 0. The number of anilines is 1. The Balaban J connectivity index is 2.30. The van der Waals surface area contributed by atoms with Gasteiger partial charge in [0.2, 0.25) is 0 Å². The van der Waals surface area contributed by atoms with Gasteiger partial charge in [-0.1, -0.05) is 12.1 Å². The van der Waals surface area contributed by atoms with Crippen LogP contribution in [0.2, 0.25) is 0 Å². The predicted molar refractivity (Wildman–Crippen MR) is 72.5 cm³/mol. The topological polar surface area (TPSA) is 63.8 Å². The fraction of sp³-hybridized carbons (Fsp3) is 0.182. The minimum absolute atomic E-state index is 0.0592. The molecule has 0 unspecified atom stereocenters. The molecule has 84 valence electrons. The maximum absolute atomic E-state index is 11.7. The Labute approximate surface area is 107 Å². The molecule has 5 heteroatoms. The number of nitrogens with one attached hydrogen (secondary N) is 1. The molecule has 0 fully saturated rings. The lowest BCUT2D eigenvalue weighted by atomic mass is 10.2. The van der Waals surface area contributed by atoms with Crippen molar-refractivity contribution in [2.75, 3.05) is 5.73 Å². The zero-order valence-electron chi connectivity index (χ0n) is 8.83. The van der Waals surface area contributed by atoms with Crippen molar-refractivity contribution >= 4 is 28.4 Å². The number of rotatable bonds is 2. The first kappa shape index (κ1) is 11.3. The fourth-order valence-corrected chi connectivity index (χ4v) is 1.84. The smallest absolute Gasteiger partial charge is 0.271 e. The van der Waals surface area contributed by atoms with Crippen molar-refractivity contribution in [3.8, 4) is 0 Å². The molecule has 1 aromatic heterocycles. The normalized spacial score (nSPS) is 10.6. The molecule has 0 saturated heterocycles. The number of hydrogen-bond acceptors (Lipinski definition) is 2. The highest BCUT2D eigenvalue weighted by atomic mass is 127. The molecule has 0 aliphatic rings. The van der Waals surface area contributed by atoms with Gasteiger partial charge in [0.1, 0.15) is 5.82 Å². The van der Waals surface area contributed by atoms with Crippen molar-refractivity contribution < 1.29 is 0 Å². The quantitative estimate of drug-likeness (QED) is 0.824. The van der Waals surface area contributed by atoms with E-state index in [2.05, 4.69) is 27.7 Å². The number of aromatic nitrogens is 2. The Morgan fingerprint density at radius 3 is 2.50 bits per heavy atom. The molecule has 3 N–H and O–H groups in total. The molecule has 0 saturated carbocycles. The van der Waals surface area contributed by atoms with Crippen LogP contribution >= 0.6 is 22.6 Å². The van der Waals surface area contributed by atoms with E-state index in [1.54, 1.807) is 6.92 Å². The third-order valence-corrected chi connectivity index (χ3v) is 3.20. The first-order valence-electron chi connectivity index (χ1n) is 4.87. The maximum atomic E-state index is 11.7. The molecule has 0 bridgehead atoms. The molecule has 0 spiro atoms. The number of benzene rings is 1. The van der Waals surface area contributed by atoms with E-state index in [0.717, 1.165) is 5.56 Å². The number of nitrogens with zero attached hydrogens (tertiary/aromatic N) is 1. The number of nitrogen functional groups attached to an aromatic ring is 1. The van der Waals surface area contributed by atoms with E-state index in [4.69, 9.17) is 5.73 Å². The van der Waals surface area contributed by atoms with Gasteiger partial charge in [0.25, 0.3) is 5.56 Å². The van der Waals surface area contributed by atoms with Gasteiger partial charge in [0, 0.05) is 3.57 Å². The summed E-state index contributed by atoms with van der Waals surface area (Å²) in [6.07, 6.45) is 0. The Bertz CT molecular complexity index is 554. The van der Waals surface area contributed by atoms with Crippen LogP contribution in [0, 0.1) is 10.5 Å². The largest absolute Gasteiger partial charge is 0.384 e. The summed E-state index contributed by atoms with van der Waals surface area (Å²) in [5.41, 5.74) is 7.23. The fourth-order valence-electron chi connectivity index (χ4n) is 1.48. The van der Waals surface area contributed by atoms with Gasteiger partial charge in [0.05, 0.1) is 12.1 Å². The second kappa shape index (κ2) is 4.32. The molecule has 2 rings (SSSR count). The molecule has 0 aliphatic carbocycles. The van der Waals surface area contributed by atoms with E-state index >= 15 is 0 Å². The summed E-state index contributed by atoms with van der Waals surface area (Å²) in [5.74, 6) is 0.440. The first-order valence-corrected chi connectivity index (χ1v) is 5.95. The molecule has 1 heterocycles. The van der Waals surface area contributed by atoms with Crippen LogP contribution in [0.1, 0.15) is 11.1 Å². The summed E-state index contributed by atoms with van der Waals surface area (Å²) in [6, 6.07) is 8.03.